The van der Waals surface area contributed by atoms with E-state index in [1.54, 1.807) is 12.1 Å². The summed E-state index contributed by atoms with van der Waals surface area (Å²) in [4.78, 5) is 0. The molecule has 1 unspecified atom stereocenters. The van der Waals surface area contributed by atoms with E-state index in [9.17, 15) is 4.39 Å². The Morgan fingerprint density at radius 1 is 1.05 bits per heavy atom. The number of unbranched alkanes of at least 4 members (excludes halogenated alkanes) is 1. The Morgan fingerprint density at radius 2 is 1.80 bits per heavy atom. The number of rotatable bonds is 6. The van der Waals surface area contributed by atoms with Crippen molar-refractivity contribution in [2.75, 3.05) is 0 Å². The Kier molecular flexibility index (Phi) is 5.31. The van der Waals surface area contributed by atoms with Gasteiger partial charge in [-0.25, -0.2) is 4.39 Å². The van der Waals surface area contributed by atoms with Gasteiger partial charge in [-0.3, -0.25) is 0 Å². The summed E-state index contributed by atoms with van der Waals surface area (Å²) in [5.74, 6) is -0.204. The fraction of sp³-hybridized carbons (Fsp3) is 0.333. The fourth-order valence-electron chi connectivity index (χ4n) is 2.35. The highest BCUT2D eigenvalue weighted by Gasteiger charge is 2.07. The Labute approximate surface area is 120 Å². The Bertz CT molecular complexity index is 533. The zero-order valence-corrected chi connectivity index (χ0v) is 12.0. The van der Waals surface area contributed by atoms with Crippen molar-refractivity contribution in [1.82, 2.24) is 0 Å². The molecule has 0 heterocycles. The fourth-order valence-corrected chi connectivity index (χ4v) is 2.35. The lowest BCUT2D eigenvalue weighted by atomic mass is 9.98. The SMILES string of the molecule is CCCCc1ccc(C(N)Cc2cccc(F)c2)cc1. The number of halogens is 1. The van der Waals surface area contributed by atoms with E-state index in [1.165, 1.54) is 24.5 Å². The second-order valence-corrected chi connectivity index (χ2v) is 5.29. The monoisotopic (exact) mass is 271 g/mol. The van der Waals surface area contributed by atoms with Crippen molar-refractivity contribution < 1.29 is 4.39 Å². The van der Waals surface area contributed by atoms with E-state index in [2.05, 4.69) is 31.2 Å². The molecule has 0 spiro atoms. The third-order valence-electron chi connectivity index (χ3n) is 3.57. The van der Waals surface area contributed by atoms with Crippen LogP contribution in [-0.4, -0.2) is 0 Å². The summed E-state index contributed by atoms with van der Waals surface area (Å²) in [6.07, 6.45) is 4.21. The molecule has 2 N–H and O–H groups in total. The molecule has 0 aromatic heterocycles. The van der Waals surface area contributed by atoms with Crippen molar-refractivity contribution in [3.63, 3.8) is 0 Å². The third kappa shape index (κ3) is 4.17. The van der Waals surface area contributed by atoms with Gasteiger partial charge in [-0.05, 0) is 48.1 Å². The highest BCUT2D eigenvalue weighted by atomic mass is 19.1. The van der Waals surface area contributed by atoms with Gasteiger partial charge in [0.1, 0.15) is 5.82 Å². The normalized spacial score (nSPS) is 12.3. The summed E-state index contributed by atoms with van der Waals surface area (Å²) in [5, 5.41) is 0. The highest BCUT2D eigenvalue weighted by molar-refractivity contribution is 5.27. The zero-order valence-electron chi connectivity index (χ0n) is 12.0. The molecule has 0 aliphatic carbocycles. The first-order valence-electron chi connectivity index (χ1n) is 7.28. The summed E-state index contributed by atoms with van der Waals surface area (Å²) in [5.41, 5.74) is 9.60. The molecule has 2 rings (SSSR count). The summed E-state index contributed by atoms with van der Waals surface area (Å²) in [7, 11) is 0. The van der Waals surface area contributed by atoms with Gasteiger partial charge < -0.3 is 5.73 Å². The second kappa shape index (κ2) is 7.20. The predicted molar refractivity (Wildman–Crippen MR) is 82.1 cm³/mol. The minimum absolute atomic E-state index is 0.0861. The lowest BCUT2D eigenvalue weighted by Crippen LogP contribution is -2.13. The molecule has 1 atom stereocenters. The highest BCUT2D eigenvalue weighted by Crippen LogP contribution is 2.18. The summed E-state index contributed by atoms with van der Waals surface area (Å²) < 4.78 is 13.2. The third-order valence-corrected chi connectivity index (χ3v) is 3.57. The van der Waals surface area contributed by atoms with Gasteiger partial charge in [-0.1, -0.05) is 49.7 Å². The molecule has 0 aliphatic heterocycles. The molecule has 0 saturated carbocycles. The smallest absolute Gasteiger partial charge is 0.123 e. The average Bonchev–Trinajstić information content (AvgIpc) is 2.45. The van der Waals surface area contributed by atoms with Gasteiger partial charge in [0, 0.05) is 6.04 Å². The van der Waals surface area contributed by atoms with Gasteiger partial charge in [0.2, 0.25) is 0 Å². The van der Waals surface area contributed by atoms with Gasteiger partial charge >= 0.3 is 0 Å². The van der Waals surface area contributed by atoms with Crippen LogP contribution < -0.4 is 5.73 Å². The zero-order chi connectivity index (χ0) is 14.4. The van der Waals surface area contributed by atoms with E-state index in [0.717, 1.165) is 17.5 Å². The Morgan fingerprint density at radius 3 is 2.45 bits per heavy atom. The maximum atomic E-state index is 13.2. The summed E-state index contributed by atoms with van der Waals surface area (Å²) >= 11 is 0. The van der Waals surface area contributed by atoms with Crippen LogP contribution in [0.5, 0.6) is 0 Å². The van der Waals surface area contributed by atoms with Crippen LogP contribution in [0.1, 0.15) is 42.5 Å². The quantitative estimate of drug-likeness (QED) is 0.827. The van der Waals surface area contributed by atoms with Crippen molar-refractivity contribution in [3.8, 4) is 0 Å². The van der Waals surface area contributed by atoms with E-state index in [-0.39, 0.29) is 11.9 Å². The molecule has 2 heteroatoms. The second-order valence-electron chi connectivity index (χ2n) is 5.29. The van der Waals surface area contributed by atoms with Crippen LogP contribution in [-0.2, 0) is 12.8 Å². The average molecular weight is 271 g/mol. The van der Waals surface area contributed by atoms with Crippen LogP contribution in [0.2, 0.25) is 0 Å². The van der Waals surface area contributed by atoms with Gasteiger partial charge in [0.05, 0.1) is 0 Å². The van der Waals surface area contributed by atoms with Crippen LogP contribution in [0, 0.1) is 5.82 Å². The van der Waals surface area contributed by atoms with Crippen LogP contribution in [0.25, 0.3) is 0 Å². The molecule has 0 bridgehead atoms. The first-order valence-corrected chi connectivity index (χ1v) is 7.28. The van der Waals surface area contributed by atoms with Crippen LogP contribution >= 0.6 is 0 Å². The van der Waals surface area contributed by atoms with E-state index in [0.29, 0.717) is 6.42 Å². The molecule has 2 aromatic rings. The molecule has 106 valence electrons. The first kappa shape index (κ1) is 14.7. The Balaban J connectivity index is 2.00. The van der Waals surface area contributed by atoms with E-state index < -0.39 is 0 Å². The molecule has 0 radical (unpaired) electrons. The first-order chi connectivity index (χ1) is 9.69. The van der Waals surface area contributed by atoms with Crippen LogP contribution in [0.3, 0.4) is 0 Å². The minimum atomic E-state index is -0.204. The topological polar surface area (TPSA) is 26.0 Å². The van der Waals surface area contributed by atoms with E-state index in [1.807, 2.05) is 6.07 Å². The van der Waals surface area contributed by atoms with Crippen LogP contribution in [0.15, 0.2) is 48.5 Å². The lowest BCUT2D eigenvalue weighted by molar-refractivity contribution is 0.622. The molecule has 0 saturated heterocycles. The van der Waals surface area contributed by atoms with Crippen molar-refractivity contribution in [2.24, 2.45) is 5.73 Å². The van der Waals surface area contributed by atoms with E-state index in [4.69, 9.17) is 5.73 Å². The van der Waals surface area contributed by atoms with Gasteiger partial charge in [0.25, 0.3) is 0 Å². The van der Waals surface area contributed by atoms with E-state index >= 15 is 0 Å². The molecule has 20 heavy (non-hydrogen) atoms. The Hall–Kier alpha value is -1.67. The van der Waals surface area contributed by atoms with Crippen molar-refractivity contribution in [3.05, 3.63) is 71.0 Å². The lowest BCUT2D eigenvalue weighted by Gasteiger charge is -2.13. The van der Waals surface area contributed by atoms with Gasteiger partial charge in [0.15, 0.2) is 0 Å². The van der Waals surface area contributed by atoms with Crippen molar-refractivity contribution in [1.29, 1.82) is 0 Å². The summed E-state index contributed by atoms with van der Waals surface area (Å²) in [6, 6.07) is 15.0. The number of aryl methyl sites for hydroxylation is 1. The molecule has 2 aromatic carbocycles. The number of nitrogens with two attached hydrogens (primary N) is 1. The maximum Gasteiger partial charge on any atom is 0.123 e. The number of hydrogen-bond acceptors (Lipinski definition) is 1. The maximum absolute atomic E-state index is 13.2. The van der Waals surface area contributed by atoms with Crippen molar-refractivity contribution in [2.45, 2.75) is 38.6 Å². The molecule has 0 fully saturated rings. The molecule has 0 amide bonds. The molecule has 1 nitrogen and oxygen atoms in total. The van der Waals surface area contributed by atoms with Crippen LogP contribution in [0.4, 0.5) is 4.39 Å². The minimum Gasteiger partial charge on any atom is -0.324 e. The number of benzene rings is 2. The molecule has 0 aliphatic rings. The molecular formula is C18H22FN. The van der Waals surface area contributed by atoms with Gasteiger partial charge in [-0.2, -0.15) is 0 Å². The summed E-state index contributed by atoms with van der Waals surface area (Å²) in [6.45, 7) is 2.20. The predicted octanol–water partition coefficient (Wildman–Crippen LogP) is 4.41. The largest absolute Gasteiger partial charge is 0.324 e. The van der Waals surface area contributed by atoms with Crippen molar-refractivity contribution >= 4 is 0 Å². The number of hydrogen-bond donors (Lipinski definition) is 1. The molecular weight excluding hydrogens is 249 g/mol. The standard InChI is InChI=1S/C18H22FN/c1-2-3-5-14-8-10-16(11-9-14)18(20)13-15-6-4-7-17(19)12-15/h4,6-12,18H,2-3,5,13,20H2,1H3. The van der Waals surface area contributed by atoms with Gasteiger partial charge in [-0.15, -0.1) is 0 Å².